The molecule has 0 aliphatic heterocycles. The zero-order chi connectivity index (χ0) is 13.4. The van der Waals surface area contributed by atoms with Gasteiger partial charge in [0.1, 0.15) is 5.84 Å². The predicted octanol–water partition coefficient (Wildman–Crippen LogP) is 1.03. The maximum absolute atomic E-state index is 8.60. The van der Waals surface area contributed by atoms with Crippen LogP contribution in [0.2, 0.25) is 0 Å². The van der Waals surface area contributed by atoms with Gasteiger partial charge < -0.3 is 15.8 Å². The molecule has 0 saturated heterocycles. The number of amidine groups is 1. The summed E-state index contributed by atoms with van der Waals surface area (Å²) in [5, 5.41) is 11.6. The van der Waals surface area contributed by atoms with Crippen LogP contribution in [0.3, 0.4) is 0 Å². The topological polar surface area (TPSA) is 65.1 Å². The maximum atomic E-state index is 8.60. The molecule has 0 rings (SSSR count). The van der Waals surface area contributed by atoms with E-state index in [2.05, 4.69) is 49.8 Å². The predicted molar refractivity (Wildman–Crippen MR) is 72.5 cm³/mol. The molecule has 0 spiro atoms. The molecule has 0 aliphatic carbocycles. The third kappa shape index (κ3) is 7.99. The van der Waals surface area contributed by atoms with E-state index in [4.69, 9.17) is 10.9 Å². The van der Waals surface area contributed by atoms with Crippen LogP contribution in [0.25, 0.3) is 0 Å². The summed E-state index contributed by atoms with van der Waals surface area (Å²) in [7, 11) is 4.14. The van der Waals surface area contributed by atoms with Crippen LogP contribution in [0.4, 0.5) is 0 Å². The van der Waals surface area contributed by atoms with Crippen LogP contribution in [0, 0.1) is 5.92 Å². The summed E-state index contributed by atoms with van der Waals surface area (Å²) in [6.07, 6.45) is 0.608. The summed E-state index contributed by atoms with van der Waals surface area (Å²) < 4.78 is 0. The molecule has 5 nitrogen and oxygen atoms in total. The van der Waals surface area contributed by atoms with E-state index < -0.39 is 0 Å². The molecule has 1 unspecified atom stereocenters. The van der Waals surface area contributed by atoms with Crippen molar-refractivity contribution >= 4 is 5.84 Å². The molecule has 5 heteroatoms. The number of rotatable bonds is 8. The van der Waals surface area contributed by atoms with E-state index >= 15 is 0 Å². The molecule has 0 fully saturated rings. The lowest BCUT2D eigenvalue weighted by molar-refractivity contribution is 0.172. The van der Waals surface area contributed by atoms with Crippen LogP contribution in [-0.2, 0) is 0 Å². The molecule has 0 aliphatic rings. The Balaban J connectivity index is 4.33. The summed E-state index contributed by atoms with van der Waals surface area (Å²) in [6.45, 7) is 9.60. The number of likely N-dealkylation sites (N-methyl/N-ethyl adjacent to an activating group) is 1. The van der Waals surface area contributed by atoms with Crippen molar-refractivity contribution in [3.63, 3.8) is 0 Å². The highest BCUT2D eigenvalue weighted by atomic mass is 16.4. The van der Waals surface area contributed by atoms with Gasteiger partial charge >= 0.3 is 0 Å². The first-order valence-corrected chi connectivity index (χ1v) is 6.22. The smallest absolute Gasteiger partial charge is 0.140 e. The minimum absolute atomic E-state index is 0.299. The Morgan fingerprint density at radius 2 is 1.82 bits per heavy atom. The van der Waals surface area contributed by atoms with Gasteiger partial charge in [0.25, 0.3) is 0 Å². The molecule has 17 heavy (non-hydrogen) atoms. The minimum atomic E-state index is 0.299. The molecule has 0 aromatic rings. The molecular formula is C12H28N4O. The Labute approximate surface area is 105 Å². The summed E-state index contributed by atoms with van der Waals surface area (Å²) in [5.41, 5.74) is 5.56. The molecule has 0 amide bonds. The first kappa shape index (κ1) is 16.2. The maximum Gasteiger partial charge on any atom is 0.140 e. The second-order valence-electron chi connectivity index (χ2n) is 5.34. The van der Waals surface area contributed by atoms with Gasteiger partial charge in [-0.2, -0.15) is 0 Å². The van der Waals surface area contributed by atoms with Gasteiger partial charge in [-0.05, 0) is 26.9 Å². The lowest BCUT2D eigenvalue weighted by Gasteiger charge is -2.31. The van der Waals surface area contributed by atoms with Gasteiger partial charge in [0, 0.05) is 32.1 Å². The van der Waals surface area contributed by atoms with Gasteiger partial charge in [-0.15, -0.1) is 0 Å². The summed E-state index contributed by atoms with van der Waals surface area (Å²) >= 11 is 0. The monoisotopic (exact) mass is 244 g/mol. The van der Waals surface area contributed by atoms with Crippen LogP contribution in [0.1, 0.15) is 27.2 Å². The molecular weight excluding hydrogens is 216 g/mol. The third-order valence-electron chi connectivity index (χ3n) is 2.69. The fourth-order valence-electron chi connectivity index (χ4n) is 1.76. The van der Waals surface area contributed by atoms with Crippen LogP contribution in [0.5, 0.6) is 0 Å². The van der Waals surface area contributed by atoms with E-state index in [9.17, 15) is 0 Å². The molecule has 0 heterocycles. The van der Waals surface area contributed by atoms with Crippen molar-refractivity contribution in [3.05, 3.63) is 0 Å². The molecule has 0 bridgehead atoms. The van der Waals surface area contributed by atoms with Crippen molar-refractivity contribution in [2.45, 2.75) is 33.2 Å². The van der Waals surface area contributed by atoms with E-state index in [1.54, 1.807) is 0 Å². The largest absolute Gasteiger partial charge is 0.409 e. The Kier molecular flexibility index (Phi) is 7.91. The lowest BCUT2D eigenvalue weighted by Crippen LogP contribution is -2.42. The zero-order valence-corrected chi connectivity index (χ0v) is 11.8. The number of nitrogens with two attached hydrogens (primary N) is 1. The Bertz CT molecular complexity index is 229. The first-order valence-electron chi connectivity index (χ1n) is 6.22. The van der Waals surface area contributed by atoms with Crippen LogP contribution >= 0.6 is 0 Å². The summed E-state index contributed by atoms with van der Waals surface area (Å²) in [4.78, 5) is 4.56. The number of hydrogen-bond donors (Lipinski definition) is 2. The van der Waals surface area contributed by atoms with E-state index in [0.717, 1.165) is 19.6 Å². The van der Waals surface area contributed by atoms with Gasteiger partial charge in [-0.1, -0.05) is 19.0 Å². The average Bonchev–Trinajstić information content (AvgIpc) is 2.22. The van der Waals surface area contributed by atoms with Gasteiger partial charge in [0.2, 0.25) is 0 Å². The SMILES string of the molecule is CC(C)CN(CCN(C)C)C(C)CC(N)=NO. The van der Waals surface area contributed by atoms with E-state index in [0.29, 0.717) is 24.2 Å². The van der Waals surface area contributed by atoms with Crippen molar-refractivity contribution in [1.29, 1.82) is 0 Å². The Hall–Kier alpha value is -0.810. The van der Waals surface area contributed by atoms with Gasteiger partial charge in [0.05, 0.1) is 0 Å². The summed E-state index contributed by atoms with van der Waals surface area (Å²) in [5.74, 6) is 0.919. The van der Waals surface area contributed by atoms with Crippen molar-refractivity contribution < 1.29 is 5.21 Å². The van der Waals surface area contributed by atoms with Crippen molar-refractivity contribution in [2.24, 2.45) is 16.8 Å². The number of nitrogens with zero attached hydrogens (tertiary/aromatic N) is 3. The van der Waals surface area contributed by atoms with Gasteiger partial charge in [-0.3, -0.25) is 4.90 Å². The normalized spacial score (nSPS) is 14.9. The highest BCUT2D eigenvalue weighted by Crippen LogP contribution is 2.07. The van der Waals surface area contributed by atoms with E-state index in [1.807, 2.05) is 0 Å². The quantitative estimate of drug-likeness (QED) is 0.290. The summed E-state index contributed by atoms with van der Waals surface area (Å²) in [6, 6.07) is 0.299. The van der Waals surface area contributed by atoms with E-state index in [-0.39, 0.29) is 0 Å². The van der Waals surface area contributed by atoms with Gasteiger partial charge in [0.15, 0.2) is 0 Å². The van der Waals surface area contributed by atoms with Gasteiger partial charge in [-0.25, -0.2) is 0 Å². The molecule has 0 saturated carbocycles. The van der Waals surface area contributed by atoms with Crippen molar-refractivity contribution in [1.82, 2.24) is 9.80 Å². The van der Waals surface area contributed by atoms with Crippen molar-refractivity contribution in [3.8, 4) is 0 Å². The molecule has 0 aromatic heterocycles. The highest BCUT2D eigenvalue weighted by Gasteiger charge is 2.16. The average molecular weight is 244 g/mol. The fraction of sp³-hybridized carbons (Fsp3) is 0.917. The van der Waals surface area contributed by atoms with Crippen molar-refractivity contribution in [2.75, 3.05) is 33.7 Å². The Morgan fingerprint density at radius 3 is 2.24 bits per heavy atom. The second kappa shape index (κ2) is 8.31. The van der Waals surface area contributed by atoms with Crippen LogP contribution < -0.4 is 5.73 Å². The molecule has 1 atom stereocenters. The fourth-order valence-corrected chi connectivity index (χ4v) is 1.76. The number of oxime groups is 1. The van der Waals surface area contributed by atoms with Crippen LogP contribution in [0.15, 0.2) is 5.16 Å². The standard InChI is InChI=1S/C12H28N4O/c1-10(2)9-16(7-6-15(4)5)11(3)8-12(13)14-17/h10-11,17H,6-9H2,1-5H3,(H2,13,14). The zero-order valence-electron chi connectivity index (χ0n) is 11.8. The molecule has 3 N–H and O–H groups in total. The first-order chi connectivity index (χ1) is 7.86. The molecule has 102 valence electrons. The lowest BCUT2D eigenvalue weighted by atomic mass is 10.1. The highest BCUT2D eigenvalue weighted by molar-refractivity contribution is 5.80. The third-order valence-corrected chi connectivity index (χ3v) is 2.69. The molecule has 0 aromatic carbocycles. The van der Waals surface area contributed by atoms with Crippen LogP contribution in [-0.4, -0.2) is 60.6 Å². The number of hydrogen-bond acceptors (Lipinski definition) is 4. The Morgan fingerprint density at radius 1 is 1.24 bits per heavy atom. The van der Waals surface area contributed by atoms with E-state index in [1.165, 1.54) is 0 Å². The minimum Gasteiger partial charge on any atom is -0.409 e. The second-order valence-corrected chi connectivity index (χ2v) is 5.34. The molecule has 0 radical (unpaired) electrons.